The van der Waals surface area contributed by atoms with E-state index < -0.39 is 0 Å². The number of rotatable bonds is 4. The van der Waals surface area contributed by atoms with Crippen LogP contribution in [-0.2, 0) is 4.74 Å². The maximum Gasteiger partial charge on any atom is 0.203 e. The van der Waals surface area contributed by atoms with Crippen molar-refractivity contribution >= 4 is 11.7 Å². The molecule has 0 saturated carbocycles. The maximum atomic E-state index is 4.96. The molecular formula is C13H12N5O. The largest absolute Gasteiger partial charge is 0.377 e. The van der Waals surface area contributed by atoms with Gasteiger partial charge in [0, 0.05) is 19.0 Å². The summed E-state index contributed by atoms with van der Waals surface area (Å²) in [5.41, 5.74) is 1.73. The van der Waals surface area contributed by atoms with E-state index in [1.807, 2.05) is 41.1 Å². The standard InChI is InChI=1S/C13H12N5O/c1-19-8-12-15-13(17-16-12)11-7-18(9-14-11)10-5-3-2-4-6-10/h2-7,9H,8H2,1H3. The van der Waals surface area contributed by atoms with Crippen molar-refractivity contribution in [3.8, 4) is 5.69 Å². The Kier molecular flexibility index (Phi) is 3.07. The Balaban J connectivity index is 1.77. The predicted octanol–water partition coefficient (Wildman–Crippen LogP) is 1.20. The number of hydrogen-bond donors (Lipinski definition) is 0. The second-order valence-electron chi connectivity index (χ2n) is 3.99. The molecule has 0 aliphatic carbocycles. The predicted molar refractivity (Wildman–Crippen MR) is 71.5 cm³/mol. The Morgan fingerprint density at radius 1 is 1.16 bits per heavy atom. The third kappa shape index (κ3) is 2.38. The average Bonchev–Trinajstić information content (AvgIpc) is 3.08. The van der Waals surface area contributed by atoms with Crippen LogP contribution in [0.3, 0.4) is 0 Å². The Morgan fingerprint density at radius 3 is 2.79 bits per heavy atom. The van der Waals surface area contributed by atoms with Gasteiger partial charge in [0.05, 0.1) is 0 Å². The SMILES string of the molecule is COCC1=NN=C(c2cn(-c3ccccc3)cn2)[N]1. The van der Waals surface area contributed by atoms with Crippen molar-refractivity contribution in [3.05, 3.63) is 48.5 Å². The molecule has 19 heavy (non-hydrogen) atoms. The van der Waals surface area contributed by atoms with E-state index >= 15 is 0 Å². The quantitative estimate of drug-likeness (QED) is 0.822. The molecule has 0 saturated heterocycles. The molecule has 0 amide bonds. The van der Waals surface area contributed by atoms with Crippen molar-refractivity contribution in [3.63, 3.8) is 0 Å². The molecule has 1 aliphatic heterocycles. The van der Waals surface area contributed by atoms with E-state index in [-0.39, 0.29) is 0 Å². The minimum atomic E-state index is 0.354. The number of nitrogens with zero attached hydrogens (tertiary/aromatic N) is 5. The summed E-state index contributed by atoms with van der Waals surface area (Å²) in [5.74, 6) is 1.08. The van der Waals surface area contributed by atoms with Gasteiger partial charge >= 0.3 is 0 Å². The number of benzene rings is 1. The van der Waals surface area contributed by atoms with Crippen molar-refractivity contribution < 1.29 is 4.74 Å². The van der Waals surface area contributed by atoms with Crippen LogP contribution >= 0.6 is 0 Å². The third-order valence-electron chi connectivity index (χ3n) is 2.63. The Labute approximate surface area is 110 Å². The van der Waals surface area contributed by atoms with Gasteiger partial charge in [-0.25, -0.2) is 10.3 Å². The molecule has 1 aliphatic rings. The first kappa shape index (κ1) is 11.6. The molecule has 0 spiro atoms. The van der Waals surface area contributed by atoms with Crippen molar-refractivity contribution in [1.29, 1.82) is 0 Å². The monoisotopic (exact) mass is 254 g/mol. The second-order valence-corrected chi connectivity index (χ2v) is 3.99. The summed E-state index contributed by atoms with van der Waals surface area (Å²) in [6, 6.07) is 9.94. The highest BCUT2D eigenvalue weighted by Crippen LogP contribution is 2.09. The maximum absolute atomic E-state index is 4.96. The van der Waals surface area contributed by atoms with Gasteiger partial charge in [-0.3, -0.25) is 0 Å². The zero-order valence-electron chi connectivity index (χ0n) is 10.4. The molecule has 1 radical (unpaired) electrons. The van der Waals surface area contributed by atoms with Gasteiger partial charge in [-0.2, -0.15) is 0 Å². The molecule has 0 bridgehead atoms. The number of hydrogen-bond acceptors (Lipinski definition) is 4. The van der Waals surface area contributed by atoms with E-state index in [9.17, 15) is 0 Å². The summed E-state index contributed by atoms with van der Waals surface area (Å²) in [4.78, 5) is 4.29. The van der Waals surface area contributed by atoms with Gasteiger partial charge in [0.15, 0.2) is 5.84 Å². The summed E-state index contributed by atoms with van der Waals surface area (Å²) in [5, 5.41) is 12.2. The number of aromatic nitrogens is 2. The summed E-state index contributed by atoms with van der Waals surface area (Å²) in [7, 11) is 1.60. The summed E-state index contributed by atoms with van der Waals surface area (Å²) < 4.78 is 6.88. The van der Waals surface area contributed by atoms with E-state index in [1.165, 1.54) is 0 Å². The van der Waals surface area contributed by atoms with Crippen molar-refractivity contribution in [2.45, 2.75) is 0 Å². The summed E-state index contributed by atoms with van der Waals surface area (Å²) in [6.07, 6.45) is 3.61. The van der Waals surface area contributed by atoms with E-state index in [4.69, 9.17) is 4.74 Å². The van der Waals surface area contributed by atoms with Crippen LogP contribution in [0.1, 0.15) is 5.69 Å². The van der Waals surface area contributed by atoms with Gasteiger partial charge in [-0.1, -0.05) is 18.2 Å². The molecule has 1 aromatic carbocycles. The van der Waals surface area contributed by atoms with Crippen LogP contribution < -0.4 is 5.32 Å². The van der Waals surface area contributed by atoms with Gasteiger partial charge in [0.1, 0.15) is 18.6 Å². The smallest absolute Gasteiger partial charge is 0.203 e. The zero-order valence-corrected chi connectivity index (χ0v) is 10.4. The molecule has 0 N–H and O–H groups in total. The fourth-order valence-corrected chi connectivity index (χ4v) is 1.75. The van der Waals surface area contributed by atoms with Gasteiger partial charge < -0.3 is 9.30 Å². The molecule has 0 fully saturated rings. The van der Waals surface area contributed by atoms with Crippen LogP contribution in [0.25, 0.3) is 5.69 Å². The highest BCUT2D eigenvalue weighted by molar-refractivity contribution is 6.11. The molecule has 2 aromatic rings. The van der Waals surface area contributed by atoms with Gasteiger partial charge in [0.25, 0.3) is 0 Å². The Bertz CT molecular complexity index is 629. The van der Waals surface area contributed by atoms with E-state index in [2.05, 4.69) is 20.5 Å². The molecule has 3 rings (SSSR count). The summed E-state index contributed by atoms with van der Waals surface area (Å²) in [6.45, 7) is 0.354. The third-order valence-corrected chi connectivity index (χ3v) is 2.63. The Hall–Kier alpha value is -2.47. The minimum Gasteiger partial charge on any atom is -0.377 e. The van der Waals surface area contributed by atoms with Crippen molar-refractivity contribution in [2.75, 3.05) is 13.7 Å². The van der Waals surface area contributed by atoms with Crippen LogP contribution in [0.2, 0.25) is 0 Å². The molecule has 2 heterocycles. The first-order valence-corrected chi connectivity index (χ1v) is 5.82. The van der Waals surface area contributed by atoms with E-state index in [1.54, 1.807) is 13.4 Å². The normalized spacial score (nSPS) is 13.9. The lowest BCUT2D eigenvalue weighted by molar-refractivity contribution is 0.243. The molecule has 0 atom stereocenters. The minimum absolute atomic E-state index is 0.354. The van der Waals surface area contributed by atoms with Crippen LogP contribution in [-0.4, -0.2) is 34.9 Å². The number of methoxy groups -OCH3 is 1. The first-order chi connectivity index (χ1) is 9.36. The van der Waals surface area contributed by atoms with Crippen LogP contribution in [0.4, 0.5) is 0 Å². The fraction of sp³-hybridized carbons (Fsp3) is 0.154. The van der Waals surface area contributed by atoms with Gasteiger partial charge in [-0.15, -0.1) is 10.2 Å². The Morgan fingerprint density at radius 2 is 2.00 bits per heavy atom. The fourth-order valence-electron chi connectivity index (χ4n) is 1.75. The number of para-hydroxylation sites is 1. The second kappa shape index (κ2) is 5.03. The van der Waals surface area contributed by atoms with Crippen LogP contribution in [0.15, 0.2) is 53.1 Å². The zero-order chi connectivity index (χ0) is 13.1. The average molecular weight is 254 g/mol. The van der Waals surface area contributed by atoms with Crippen molar-refractivity contribution in [1.82, 2.24) is 14.9 Å². The molecule has 95 valence electrons. The highest BCUT2D eigenvalue weighted by Gasteiger charge is 2.17. The summed E-state index contributed by atoms with van der Waals surface area (Å²) >= 11 is 0. The number of amidine groups is 2. The molecular weight excluding hydrogens is 242 g/mol. The number of ether oxygens (including phenoxy) is 1. The highest BCUT2D eigenvalue weighted by atomic mass is 16.5. The van der Waals surface area contributed by atoms with E-state index in [0.717, 1.165) is 5.69 Å². The van der Waals surface area contributed by atoms with Crippen LogP contribution in [0.5, 0.6) is 0 Å². The lowest BCUT2D eigenvalue weighted by atomic mass is 10.3. The topological polar surface area (TPSA) is 65.9 Å². The van der Waals surface area contributed by atoms with Crippen LogP contribution in [0, 0.1) is 0 Å². The number of imidazole rings is 1. The lowest BCUT2D eigenvalue weighted by Gasteiger charge is -2.00. The lowest BCUT2D eigenvalue weighted by Crippen LogP contribution is -2.23. The first-order valence-electron chi connectivity index (χ1n) is 5.82. The van der Waals surface area contributed by atoms with Crippen molar-refractivity contribution in [2.24, 2.45) is 10.2 Å². The van der Waals surface area contributed by atoms with Gasteiger partial charge in [-0.05, 0) is 12.1 Å². The van der Waals surface area contributed by atoms with Gasteiger partial charge in [0.2, 0.25) is 5.84 Å². The molecule has 1 aromatic heterocycles. The van der Waals surface area contributed by atoms with E-state index in [0.29, 0.717) is 24.0 Å². The molecule has 0 unspecified atom stereocenters. The molecule has 6 heteroatoms. The molecule has 6 nitrogen and oxygen atoms in total.